The summed E-state index contributed by atoms with van der Waals surface area (Å²) in [7, 11) is 0. The van der Waals surface area contributed by atoms with E-state index >= 15 is 0 Å². The van der Waals surface area contributed by atoms with Crippen LogP contribution in [0, 0.1) is 12.8 Å². The number of Topliss-reactive ketones (excluding diaryl/α,β-unsaturated/α-hetero) is 1. The first-order chi connectivity index (χ1) is 14.6. The van der Waals surface area contributed by atoms with E-state index in [2.05, 4.69) is 47.9 Å². The van der Waals surface area contributed by atoms with Crippen LogP contribution in [0.15, 0.2) is 84.6 Å². The summed E-state index contributed by atoms with van der Waals surface area (Å²) in [5.41, 5.74) is 6.22. The van der Waals surface area contributed by atoms with Crippen LogP contribution in [-0.4, -0.2) is 10.9 Å². The summed E-state index contributed by atoms with van der Waals surface area (Å²) in [6.07, 6.45) is 2.69. The molecule has 5 rings (SSSR count). The Balaban J connectivity index is 1.61. The highest BCUT2D eigenvalue weighted by atomic mass is 16.3. The Morgan fingerprint density at radius 3 is 2.27 bits per heavy atom. The summed E-state index contributed by atoms with van der Waals surface area (Å²) in [5, 5.41) is 16.8. The van der Waals surface area contributed by atoms with E-state index in [1.54, 1.807) is 12.1 Å². The minimum atomic E-state index is -0.316. The normalized spacial score (nSPS) is 22.6. The van der Waals surface area contributed by atoms with Crippen LogP contribution in [0.2, 0.25) is 0 Å². The highest BCUT2D eigenvalue weighted by Crippen LogP contribution is 2.44. The van der Waals surface area contributed by atoms with Crippen molar-refractivity contribution in [2.24, 2.45) is 5.92 Å². The van der Waals surface area contributed by atoms with Gasteiger partial charge in [0.25, 0.3) is 0 Å². The number of anilines is 2. The Morgan fingerprint density at radius 1 is 0.867 bits per heavy atom. The molecule has 0 saturated carbocycles. The van der Waals surface area contributed by atoms with E-state index in [1.165, 1.54) is 5.56 Å². The number of carbonyl (C=O) groups excluding carboxylic acids is 1. The smallest absolute Gasteiger partial charge is 0.145 e. The molecule has 3 atom stereocenters. The summed E-state index contributed by atoms with van der Waals surface area (Å²) in [4.78, 5) is 13.5. The molecular formula is C26H24N2O2. The van der Waals surface area contributed by atoms with Crippen molar-refractivity contribution in [2.45, 2.75) is 25.3 Å². The molecular weight excluding hydrogens is 372 g/mol. The van der Waals surface area contributed by atoms with E-state index in [0.717, 1.165) is 28.2 Å². The molecule has 4 nitrogen and oxygen atoms in total. The number of fused-ring (bicyclic) bond motifs is 2. The summed E-state index contributed by atoms with van der Waals surface area (Å²) in [6, 6.07) is 23.4. The number of nitrogens with one attached hydrogen (secondary N) is 2. The van der Waals surface area contributed by atoms with Crippen molar-refractivity contribution >= 4 is 17.2 Å². The molecule has 30 heavy (non-hydrogen) atoms. The topological polar surface area (TPSA) is 61.4 Å². The van der Waals surface area contributed by atoms with E-state index in [1.807, 2.05) is 36.4 Å². The van der Waals surface area contributed by atoms with Crippen LogP contribution < -0.4 is 10.6 Å². The van der Waals surface area contributed by atoms with Crippen molar-refractivity contribution in [3.63, 3.8) is 0 Å². The lowest BCUT2D eigenvalue weighted by molar-refractivity contribution is -0.122. The summed E-state index contributed by atoms with van der Waals surface area (Å²) in [5.74, 6) is 0.172. The van der Waals surface area contributed by atoms with Gasteiger partial charge in [0.1, 0.15) is 11.5 Å². The van der Waals surface area contributed by atoms with Gasteiger partial charge in [0.05, 0.1) is 23.3 Å². The Kier molecular flexibility index (Phi) is 4.55. The second kappa shape index (κ2) is 7.38. The van der Waals surface area contributed by atoms with Crippen LogP contribution in [0.1, 0.15) is 35.1 Å². The van der Waals surface area contributed by atoms with Gasteiger partial charge < -0.3 is 15.7 Å². The van der Waals surface area contributed by atoms with Crippen LogP contribution in [0.4, 0.5) is 11.4 Å². The SMILES string of the molecule is Cc1ccc(C2C=C3Nc4ccccc4NC(c4ccc(O)cc4)C3C(=O)C2)cc1. The van der Waals surface area contributed by atoms with Crippen molar-refractivity contribution in [1.29, 1.82) is 0 Å². The van der Waals surface area contributed by atoms with Gasteiger partial charge in [-0.1, -0.05) is 60.2 Å². The number of para-hydroxylation sites is 2. The lowest BCUT2D eigenvalue weighted by Gasteiger charge is -2.32. The zero-order chi connectivity index (χ0) is 20.7. The molecule has 3 N–H and O–H groups in total. The second-order valence-corrected chi connectivity index (χ2v) is 8.17. The van der Waals surface area contributed by atoms with Crippen molar-refractivity contribution < 1.29 is 9.90 Å². The van der Waals surface area contributed by atoms with Gasteiger partial charge in [-0.2, -0.15) is 0 Å². The van der Waals surface area contributed by atoms with Crippen LogP contribution >= 0.6 is 0 Å². The third kappa shape index (κ3) is 3.35. The molecule has 0 saturated heterocycles. The number of ketones is 1. The first kappa shape index (κ1) is 18.5. The van der Waals surface area contributed by atoms with E-state index < -0.39 is 0 Å². The zero-order valence-corrected chi connectivity index (χ0v) is 16.8. The first-order valence-corrected chi connectivity index (χ1v) is 10.3. The zero-order valence-electron chi connectivity index (χ0n) is 16.8. The molecule has 0 aromatic heterocycles. The molecule has 3 aromatic rings. The Morgan fingerprint density at radius 2 is 1.53 bits per heavy atom. The number of carbonyl (C=O) groups is 1. The van der Waals surface area contributed by atoms with Crippen LogP contribution in [0.5, 0.6) is 5.75 Å². The van der Waals surface area contributed by atoms with E-state index in [4.69, 9.17) is 0 Å². The van der Waals surface area contributed by atoms with Gasteiger partial charge in [-0.15, -0.1) is 0 Å². The Hall–Kier alpha value is -3.53. The van der Waals surface area contributed by atoms with Crippen molar-refractivity contribution in [2.75, 3.05) is 10.6 Å². The van der Waals surface area contributed by atoms with E-state index in [9.17, 15) is 9.90 Å². The molecule has 0 bridgehead atoms. The molecule has 0 radical (unpaired) electrons. The maximum atomic E-state index is 13.5. The number of phenols is 1. The third-order valence-corrected chi connectivity index (χ3v) is 6.09. The number of phenolic OH excluding ortho intramolecular Hbond substituents is 1. The predicted octanol–water partition coefficient (Wildman–Crippen LogP) is 5.54. The molecule has 2 aliphatic rings. The maximum Gasteiger partial charge on any atom is 0.145 e. The lowest BCUT2D eigenvalue weighted by atomic mass is 9.76. The quantitative estimate of drug-likeness (QED) is 0.533. The number of allylic oxidation sites excluding steroid dienone is 1. The fourth-order valence-electron chi connectivity index (χ4n) is 4.49. The first-order valence-electron chi connectivity index (χ1n) is 10.3. The Bertz CT molecular complexity index is 1120. The number of hydrogen-bond acceptors (Lipinski definition) is 4. The molecule has 1 aliphatic carbocycles. The Labute approximate surface area is 176 Å². The molecule has 0 amide bonds. The van der Waals surface area contributed by atoms with Gasteiger partial charge in [0.15, 0.2) is 0 Å². The minimum Gasteiger partial charge on any atom is -0.508 e. The van der Waals surface area contributed by atoms with Gasteiger partial charge in [0.2, 0.25) is 0 Å². The molecule has 1 aliphatic heterocycles. The summed E-state index contributed by atoms with van der Waals surface area (Å²) < 4.78 is 0. The lowest BCUT2D eigenvalue weighted by Crippen LogP contribution is -2.33. The molecule has 3 aromatic carbocycles. The highest BCUT2D eigenvalue weighted by Gasteiger charge is 2.39. The molecule has 3 unspecified atom stereocenters. The molecule has 0 spiro atoms. The largest absolute Gasteiger partial charge is 0.508 e. The highest BCUT2D eigenvalue weighted by molar-refractivity contribution is 5.90. The number of rotatable bonds is 2. The number of aryl methyl sites for hydroxylation is 1. The second-order valence-electron chi connectivity index (χ2n) is 8.17. The summed E-state index contributed by atoms with van der Waals surface area (Å²) >= 11 is 0. The van der Waals surface area contributed by atoms with Crippen LogP contribution in [0.3, 0.4) is 0 Å². The maximum absolute atomic E-state index is 13.5. The average molecular weight is 396 g/mol. The van der Waals surface area contributed by atoms with Gasteiger partial charge in [0, 0.05) is 18.0 Å². The molecule has 4 heteroatoms. The number of aromatic hydroxyl groups is 1. The number of benzene rings is 3. The van der Waals surface area contributed by atoms with Crippen LogP contribution in [0.25, 0.3) is 0 Å². The van der Waals surface area contributed by atoms with Gasteiger partial charge >= 0.3 is 0 Å². The third-order valence-electron chi connectivity index (χ3n) is 6.09. The van der Waals surface area contributed by atoms with Gasteiger partial charge in [-0.25, -0.2) is 0 Å². The molecule has 150 valence electrons. The van der Waals surface area contributed by atoms with Crippen LogP contribution in [-0.2, 0) is 4.79 Å². The standard InChI is InChI=1S/C26H24N2O2/c1-16-6-8-17(9-7-16)19-14-23-25(24(30)15-19)26(18-10-12-20(29)13-11-18)28-22-5-3-2-4-21(22)27-23/h2-14,19,25-29H,15H2,1H3. The predicted molar refractivity (Wildman–Crippen MR) is 120 cm³/mol. The fourth-order valence-corrected chi connectivity index (χ4v) is 4.49. The van der Waals surface area contributed by atoms with E-state index in [-0.39, 0.29) is 29.4 Å². The van der Waals surface area contributed by atoms with Crippen molar-refractivity contribution in [3.8, 4) is 5.75 Å². The monoisotopic (exact) mass is 396 g/mol. The molecule has 1 heterocycles. The van der Waals surface area contributed by atoms with Gasteiger partial charge in [-0.3, -0.25) is 4.79 Å². The van der Waals surface area contributed by atoms with Crippen molar-refractivity contribution in [3.05, 3.63) is 101 Å². The van der Waals surface area contributed by atoms with Gasteiger partial charge in [-0.05, 0) is 42.3 Å². The minimum absolute atomic E-state index is 0.0579. The summed E-state index contributed by atoms with van der Waals surface area (Å²) in [6.45, 7) is 2.07. The number of hydrogen-bond donors (Lipinski definition) is 3. The average Bonchev–Trinajstić information content (AvgIpc) is 2.91. The fraction of sp³-hybridized carbons (Fsp3) is 0.192. The van der Waals surface area contributed by atoms with E-state index in [0.29, 0.717) is 6.42 Å². The van der Waals surface area contributed by atoms with Crippen molar-refractivity contribution in [1.82, 2.24) is 0 Å². The molecule has 0 fully saturated rings.